The van der Waals surface area contributed by atoms with E-state index in [-0.39, 0.29) is 22.4 Å². The number of halogens is 1. The molecule has 3 heterocycles. The Balaban J connectivity index is 1.49. The van der Waals surface area contributed by atoms with Gasteiger partial charge in [-0.1, -0.05) is 0 Å². The Hall–Kier alpha value is -3.05. The highest BCUT2D eigenvalue weighted by Gasteiger charge is 2.24. The lowest BCUT2D eigenvalue weighted by Gasteiger charge is -2.32. The summed E-state index contributed by atoms with van der Waals surface area (Å²) in [6.45, 7) is 1.37. The Morgan fingerprint density at radius 2 is 1.79 bits per heavy atom. The number of nitrogens with zero attached hydrogens (tertiary/aromatic N) is 6. The molecule has 10 nitrogen and oxygen atoms in total. The minimum atomic E-state index is -3.36. The molecule has 170 valence electrons. The van der Waals surface area contributed by atoms with Gasteiger partial charge in [-0.3, -0.25) is 4.79 Å². The fourth-order valence-electron chi connectivity index (χ4n) is 3.45. The Labute approximate surface area is 203 Å². The highest BCUT2D eigenvalue weighted by Crippen LogP contribution is 2.23. The number of rotatable bonds is 5. The van der Waals surface area contributed by atoms with Gasteiger partial charge in [-0.05, 0) is 46.9 Å². The maximum absolute atomic E-state index is 12.7. The van der Waals surface area contributed by atoms with Crippen LogP contribution in [0.2, 0.25) is 0 Å². The lowest BCUT2D eigenvalue weighted by molar-refractivity contribution is 0.168. The van der Waals surface area contributed by atoms with Crippen molar-refractivity contribution in [3.8, 4) is 17.5 Å². The average molecular weight is 578 g/mol. The second kappa shape index (κ2) is 9.44. The summed E-state index contributed by atoms with van der Waals surface area (Å²) in [5.74, 6) is 0.799. The number of nitriles is 1. The van der Waals surface area contributed by atoms with E-state index in [0.29, 0.717) is 37.6 Å². The van der Waals surface area contributed by atoms with Crippen LogP contribution < -0.4 is 15.2 Å². The zero-order chi connectivity index (χ0) is 23.6. The third-order valence-electron chi connectivity index (χ3n) is 5.14. The molecule has 0 atom stereocenters. The molecule has 0 bridgehead atoms. The number of hydrogen-bond acceptors (Lipinski definition) is 9. The standard InChI is InChI=1S/C21H19IN6O4S/c1-33(30,31)17-4-2-15(3-5-17)28-20(29)10-19(18(11-23)26-28)32-16-6-8-27(9-7-16)21-24-12-14(22)13-25-21/h2-5,10,12-13,16H,6-9H2,1H3. The summed E-state index contributed by atoms with van der Waals surface area (Å²) in [7, 11) is -3.36. The predicted molar refractivity (Wildman–Crippen MR) is 128 cm³/mol. The van der Waals surface area contributed by atoms with Crippen molar-refractivity contribution in [1.82, 2.24) is 19.7 Å². The first-order chi connectivity index (χ1) is 15.7. The lowest BCUT2D eigenvalue weighted by atomic mass is 10.1. The van der Waals surface area contributed by atoms with Crippen LogP contribution in [-0.2, 0) is 9.84 Å². The van der Waals surface area contributed by atoms with Crippen LogP contribution in [0.5, 0.6) is 5.75 Å². The Bertz CT molecular complexity index is 1360. The number of anilines is 1. The molecular weight excluding hydrogens is 559 g/mol. The van der Waals surface area contributed by atoms with E-state index in [4.69, 9.17) is 4.74 Å². The number of ether oxygens (including phenoxy) is 1. The van der Waals surface area contributed by atoms with Crippen LogP contribution in [-0.4, -0.2) is 53.6 Å². The third-order valence-corrected chi connectivity index (χ3v) is 6.82. The van der Waals surface area contributed by atoms with Crippen molar-refractivity contribution in [3.05, 3.63) is 62.3 Å². The van der Waals surface area contributed by atoms with Crippen LogP contribution in [0.1, 0.15) is 18.5 Å². The number of aromatic nitrogens is 4. The van der Waals surface area contributed by atoms with Crippen molar-refractivity contribution in [2.75, 3.05) is 24.2 Å². The van der Waals surface area contributed by atoms with Gasteiger partial charge in [0.2, 0.25) is 11.6 Å². The zero-order valence-electron chi connectivity index (χ0n) is 17.5. The van der Waals surface area contributed by atoms with Gasteiger partial charge in [-0.2, -0.15) is 9.94 Å². The van der Waals surface area contributed by atoms with E-state index in [1.807, 2.05) is 6.07 Å². The van der Waals surface area contributed by atoms with Gasteiger partial charge in [0.15, 0.2) is 15.6 Å². The van der Waals surface area contributed by atoms with Crippen LogP contribution in [0.4, 0.5) is 5.95 Å². The van der Waals surface area contributed by atoms with Crippen LogP contribution in [0.3, 0.4) is 0 Å². The molecule has 1 aliphatic heterocycles. The van der Waals surface area contributed by atoms with Gasteiger partial charge in [0.25, 0.3) is 5.56 Å². The van der Waals surface area contributed by atoms with Crippen LogP contribution in [0.15, 0.2) is 52.4 Å². The fourth-order valence-corrected chi connectivity index (χ4v) is 4.36. The molecule has 0 spiro atoms. The molecular formula is C21H19IN6O4S. The van der Waals surface area contributed by atoms with E-state index < -0.39 is 15.4 Å². The molecule has 0 radical (unpaired) electrons. The number of piperidine rings is 1. The largest absolute Gasteiger partial charge is 0.487 e. The molecule has 3 aromatic rings. The van der Waals surface area contributed by atoms with E-state index >= 15 is 0 Å². The molecule has 1 aliphatic rings. The maximum atomic E-state index is 12.7. The fraction of sp³-hybridized carbons (Fsp3) is 0.286. The van der Waals surface area contributed by atoms with Crippen molar-refractivity contribution >= 4 is 38.4 Å². The Morgan fingerprint density at radius 1 is 1.15 bits per heavy atom. The molecule has 2 aromatic heterocycles. The van der Waals surface area contributed by atoms with Gasteiger partial charge in [-0.25, -0.2) is 18.4 Å². The van der Waals surface area contributed by atoms with E-state index in [1.54, 1.807) is 12.4 Å². The van der Waals surface area contributed by atoms with Crippen molar-refractivity contribution in [1.29, 1.82) is 5.26 Å². The number of sulfone groups is 1. The molecule has 1 aromatic carbocycles. The highest BCUT2D eigenvalue weighted by atomic mass is 127. The minimum Gasteiger partial charge on any atom is -0.487 e. The van der Waals surface area contributed by atoms with E-state index in [2.05, 4.69) is 42.6 Å². The van der Waals surface area contributed by atoms with Gasteiger partial charge >= 0.3 is 0 Å². The first-order valence-corrected chi connectivity index (χ1v) is 13.0. The van der Waals surface area contributed by atoms with Gasteiger partial charge in [-0.15, -0.1) is 5.10 Å². The van der Waals surface area contributed by atoms with Gasteiger partial charge in [0.05, 0.1) is 16.6 Å². The molecule has 12 heteroatoms. The molecule has 0 aliphatic carbocycles. The quantitative estimate of drug-likeness (QED) is 0.417. The van der Waals surface area contributed by atoms with Gasteiger partial charge in [0.1, 0.15) is 12.2 Å². The summed E-state index contributed by atoms with van der Waals surface area (Å²) >= 11 is 2.16. The molecule has 0 N–H and O–H groups in total. The summed E-state index contributed by atoms with van der Waals surface area (Å²) in [5, 5.41) is 13.7. The molecule has 0 saturated carbocycles. The SMILES string of the molecule is CS(=O)(=O)c1ccc(-n2nc(C#N)c(OC3CCN(c4ncc(I)cn4)CC3)cc2=O)cc1. The minimum absolute atomic E-state index is 0.0230. The first kappa shape index (κ1) is 23.1. The van der Waals surface area contributed by atoms with Crippen LogP contribution >= 0.6 is 22.6 Å². The zero-order valence-corrected chi connectivity index (χ0v) is 20.5. The van der Waals surface area contributed by atoms with Gasteiger partial charge in [0, 0.05) is 48.2 Å². The first-order valence-electron chi connectivity index (χ1n) is 9.99. The number of benzene rings is 1. The average Bonchev–Trinajstić information content (AvgIpc) is 2.80. The second-order valence-electron chi connectivity index (χ2n) is 7.49. The Morgan fingerprint density at radius 3 is 2.36 bits per heavy atom. The van der Waals surface area contributed by atoms with E-state index in [9.17, 15) is 18.5 Å². The molecule has 1 saturated heterocycles. The highest BCUT2D eigenvalue weighted by molar-refractivity contribution is 14.1. The third kappa shape index (κ3) is 5.31. The summed E-state index contributed by atoms with van der Waals surface area (Å²) in [6.07, 6.45) is 5.81. The molecule has 4 rings (SSSR count). The second-order valence-corrected chi connectivity index (χ2v) is 10.8. The van der Waals surface area contributed by atoms with Crippen molar-refractivity contribution in [3.63, 3.8) is 0 Å². The molecule has 33 heavy (non-hydrogen) atoms. The Kier molecular flexibility index (Phi) is 6.61. The molecule has 0 amide bonds. The monoisotopic (exact) mass is 578 g/mol. The van der Waals surface area contributed by atoms with Crippen molar-refractivity contribution in [2.45, 2.75) is 23.8 Å². The molecule has 0 unspecified atom stereocenters. The smallest absolute Gasteiger partial charge is 0.275 e. The normalized spacial score (nSPS) is 14.6. The van der Waals surface area contributed by atoms with E-state index in [0.717, 1.165) is 14.5 Å². The maximum Gasteiger partial charge on any atom is 0.275 e. The predicted octanol–water partition coefficient (Wildman–Crippen LogP) is 1.95. The topological polar surface area (TPSA) is 131 Å². The summed E-state index contributed by atoms with van der Waals surface area (Å²) < 4.78 is 31.3. The van der Waals surface area contributed by atoms with E-state index in [1.165, 1.54) is 30.3 Å². The van der Waals surface area contributed by atoms with Crippen LogP contribution in [0.25, 0.3) is 5.69 Å². The molecule has 1 fully saturated rings. The summed E-state index contributed by atoms with van der Waals surface area (Å²) in [6, 6.07) is 8.93. The van der Waals surface area contributed by atoms with Crippen molar-refractivity contribution in [2.24, 2.45) is 0 Å². The lowest BCUT2D eigenvalue weighted by Crippen LogP contribution is -2.39. The van der Waals surface area contributed by atoms with Crippen molar-refractivity contribution < 1.29 is 13.2 Å². The number of hydrogen-bond donors (Lipinski definition) is 0. The van der Waals surface area contributed by atoms with Gasteiger partial charge < -0.3 is 9.64 Å². The van der Waals surface area contributed by atoms with Crippen LogP contribution in [0, 0.1) is 14.9 Å². The summed E-state index contributed by atoms with van der Waals surface area (Å²) in [5.41, 5.74) is -0.160. The summed E-state index contributed by atoms with van der Waals surface area (Å²) in [4.78, 5) is 23.5.